The molecule has 0 saturated carbocycles. The third kappa shape index (κ3) is 7.69. The van der Waals surface area contributed by atoms with Gasteiger partial charge in [0.15, 0.2) is 0 Å². The van der Waals surface area contributed by atoms with Crippen LogP contribution in [0.3, 0.4) is 0 Å². The second-order valence-electron chi connectivity index (χ2n) is 5.36. The summed E-state index contributed by atoms with van der Waals surface area (Å²) in [5, 5.41) is 3.40. The van der Waals surface area contributed by atoms with Crippen LogP contribution in [0, 0.1) is 0 Å². The van der Waals surface area contributed by atoms with Crippen molar-refractivity contribution in [3.8, 4) is 5.75 Å². The summed E-state index contributed by atoms with van der Waals surface area (Å²) in [6.07, 6.45) is 3.81. The number of ether oxygens (including phenoxy) is 1. The molecule has 116 valence electrons. The Balaban J connectivity index is 2.34. The van der Waals surface area contributed by atoms with E-state index in [0.717, 1.165) is 31.9 Å². The smallest absolute Gasteiger partial charge is 0.119 e. The first kappa shape index (κ1) is 17.5. The normalized spacial score (nSPS) is 10.9. The van der Waals surface area contributed by atoms with E-state index in [9.17, 15) is 0 Å². The molecule has 3 heteroatoms. The maximum Gasteiger partial charge on any atom is 0.119 e. The molecule has 0 radical (unpaired) electrons. The zero-order chi connectivity index (χ0) is 15.5. The minimum absolute atomic E-state index is 0.502. The van der Waals surface area contributed by atoms with E-state index in [-0.39, 0.29) is 0 Å². The molecule has 0 fully saturated rings. The lowest BCUT2D eigenvalue weighted by Gasteiger charge is -2.18. The monoisotopic (exact) mass is 288 g/mol. The van der Waals surface area contributed by atoms with E-state index in [1.165, 1.54) is 5.56 Å². The summed E-state index contributed by atoms with van der Waals surface area (Å²) >= 11 is 0. The van der Waals surface area contributed by atoms with E-state index in [1.54, 1.807) is 0 Å². The van der Waals surface area contributed by atoms with E-state index in [1.807, 2.05) is 24.3 Å². The summed E-state index contributed by atoms with van der Waals surface area (Å²) in [6, 6.07) is 8.78. The number of hydrogen-bond donors (Lipinski definition) is 1. The number of benzene rings is 1. The van der Waals surface area contributed by atoms with Gasteiger partial charge in [-0.05, 0) is 17.7 Å². The van der Waals surface area contributed by atoms with Crippen molar-refractivity contribution in [3.05, 3.63) is 55.1 Å². The van der Waals surface area contributed by atoms with Gasteiger partial charge in [0.1, 0.15) is 12.4 Å². The van der Waals surface area contributed by atoms with Crippen LogP contribution < -0.4 is 10.1 Å². The summed E-state index contributed by atoms with van der Waals surface area (Å²) in [5.41, 5.74) is 1.27. The van der Waals surface area contributed by atoms with Gasteiger partial charge < -0.3 is 10.1 Å². The van der Waals surface area contributed by atoms with Crippen LogP contribution in [0.15, 0.2) is 49.6 Å². The Labute approximate surface area is 129 Å². The molecule has 1 aromatic carbocycles. The fourth-order valence-electron chi connectivity index (χ4n) is 1.94. The fraction of sp³-hybridized carbons (Fsp3) is 0.444. The molecular formula is C18H28N2O. The van der Waals surface area contributed by atoms with Gasteiger partial charge in [0, 0.05) is 32.2 Å². The molecule has 0 aromatic heterocycles. The highest BCUT2D eigenvalue weighted by Crippen LogP contribution is 2.12. The Bertz CT molecular complexity index is 402. The standard InChI is InChI=1S/C18H28N2O/c1-5-11-20(12-6-2)13-14-21-18-9-7-17(8-10-18)15-19-16(3)4/h5-10,16,19H,1-2,11-15H2,3-4H3. The van der Waals surface area contributed by atoms with Crippen LogP contribution in [0.2, 0.25) is 0 Å². The van der Waals surface area contributed by atoms with Crippen molar-refractivity contribution in [2.24, 2.45) is 0 Å². The topological polar surface area (TPSA) is 24.5 Å². The van der Waals surface area contributed by atoms with E-state index < -0.39 is 0 Å². The van der Waals surface area contributed by atoms with Gasteiger partial charge in [-0.15, -0.1) is 13.2 Å². The van der Waals surface area contributed by atoms with Crippen molar-refractivity contribution in [2.75, 3.05) is 26.2 Å². The fourth-order valence-corrected chi connectivity index (χ4v) is 1.94. The number of hydrogen-bond acceptors (Lipinski definition) is 3. The zero-order valence-corrected chi connectivity index (χ0v) is 13.3. The van der Waals surface area contributed by atoms with Crippen LogP contribution in [0.5, 0.6) is 5.75 Å². The molecule has 21 heavy (non-hydrogen) atoms. The van der Waals surface area contributed by atoms with E-state index in [2.05, 4.69) is 49.4 Å². The highest BCUT2D eigenvalue weighted by Gasteiger charge is 2.01. The first-order valence-corrected chi connectivity index (χ1v) is 7.55. The van der Waals surface area contributed by atoms with E-state index in [4.69, 9.17) is 4.74 Å². The summed E-state index contributed by atoms with van der Waals surface area (Å²) in [5.74, 6) is 0.917. The molecule has 0 amide bonds. The van der Waals surface area contributed by atoms with Gasteiger partial charge in [-0.25, -0.2) is 0 Å². The molecule has 0 aliphatic carbocycles. The Morgan fingerprint density at radius 2 is 1.76 bits per heavy atom. The molecule has 0 spiro atoms. The van der Waals surface area contributed by atoms with Crippen LogP contribution in [0.25, 0.3) is 0 Å². The van der Waals surface area contributed by atoms with Gasteiger partial charge in [0.25, 0.3) is 0 Å². The predicted octanol–water partition coefficient (Wildman–Crippen LogP) is 3.24. The third-order valence-electron chi connectivity index (χ3n) is 3.09. The van der Waals surface area contributed by atoms with Crippen molar-refractivity contribution < 1.29 is 4.74 Å². The van der Waals surface area contributed by atoms with Gasteiger partial charge in [0.2, 0.25) is 0 Å². The molecule has 0 unspecified atom stereocenters. The lowest BCUT2D eigenvalue weighted by atomic mass is 10.2. The van der Waals surface area contributed by atoms with Crippen LogP contribution in [0.1, 0.15) is 19.4 Å². The van der Waals surface area contributed by atoms with Gasteiger partial charge in [0.05, 0.1) is 0 Å². The zero-order valence-electron chi connectivity index (χ0n) is 13.3. The summed E-state index contributed by atoms with van der Waals surface area (Å²) in [4.78, 5) is 2.24. The number of rotatable bonds is 11. The second kappa shape index (κ2) is 10.2. The van der Waals surface area contributed by atoms with Crippen LogP contribution >= 0.6 is 0 Å². The molecule has 0 heterocycles. The second-order valence-corrected chi connectivity index (χ2v) is 5.36. The van der Waals surface area contributed by atoms with Crippen molar-refractivity contribution in [1.29, 1.82) is 0 Å². The average Bonchev–Trinajstić information content (AvgIpc) is 2.47. The van der Waals surface area contributed by atoms with Crippen LogP contribution in [-0.2, 0) is 6.54 Å². The molecule has 1 N–H and O–H groups in total. The minimum Gasteiger partial charge on any atom is -0.492 e. The van der Waals surface area contributed by atoms with Crippen molar-refractivity contribution >= 4 is 0 Å². The maximum absolute atomic E-state index is 5.78. The molecule has 3 nitrogen and oxygen atoms in total. The predicted molar refractivity (Wildman–Crippen MR) is 90.7 cm³/mol. The summed E-state index contributed by atoms with van der Waals surface area (Å²) < 4.78 is 5.78. The Morgan fingerprint density at radius 3 is 2.29 bits per heavy atom. The summed E-state index contributed by atoms with van der Waals surface area (Å²) in [6.45, 7) is 16.0. The van der Waals surface area contributed by atoms with Gasteiger partial charge in [-0.2, -0.15) is 0 Å². The molecule has 0 bridgehead atoms. The first-order chi connectivity index (χ1) is 10.2. The SMILES string of the molecule is C=CCN(CC=C)CCOc1ccc(CNC(C)C)cc1. The third-order valence-corrected chi connectivity index (χ3v) is 3.09. The summed E-state index contributed by atoms with van der Waals surface area (Å²) in [7, 11) is 0. The van der Waals surface area contributed by atoms with E-state index in [0.29, 0.717) is 12.6 Å². The lowest BCUT2D eigenvalue weighted by Crippen LogP contribution is -2.28. The van der Waals surface area contributed by atoms with Crippen LogP contribution in [0.4, 0.5) is 0 Å². The Kier molecular flexibility index (Phi) is 8.48. The van der Waals surface area contributed by atoms with Gasteiger partial charge in [-0.3, -0.25) is 4.90 Å². The Morgan fingerprint density at radius 1 is 1.14 bits per heavy atom. The van der Waals surface area contributed by atoms with Crippen molar-refractivity contribution in [1.82, 2.24) is 10.2 Å². The molecule has 0 aliphatic rings. The minimum atomic E-state index is 0.502. The molecule has 0 atom stereocenters. The molecule has 0 aliphatic heterocycles. The highest BCUT2D eigenvalue weighted by molar-refractivity contribution is 5.27. The lowest BCUT2D eigenvalue weighted by molar-refractivity contribution is 0.236. The largest absolute Gasteiger partial charge is 0.492 e. The van der Waals surface area contributed by atoms with Crippen molar-refractivity contribution in [3.63, 3.8) is 0 Å². The molecule has 1 aromatic rings. The van der Waals surface area contributed by atoms with Crippen LogP contribution in [-0.4, -0.2) is 37.2 Å². The van der Waals surface area contributed by atoms with Crippen molar-refractivity contribution in [2.45, 2.75) is 26.4 Å². The Hall–Kier alpha value is -1.58. The average molecular weight is 288 g/mol. The number of nitrogens with zero attached hydrogens (tertiary/aromatic N) is 1. The highest BCUT2D eigenvalue weighted by atomic mass is 16.5. The van der Waals surface area contributed by atoms with Gasteiger partial charge >= 0.3 is 0 Å². The number of nitrogens with one attached hydrogen (secondary N) is 1. The molecule has 0 saturated heterocycles. The molecule has 1 rings (SSSR count). The van der Waals surface area contributed by atoms with Gasteiger partial charge in [-0.1, -0.05) is 38.1 Å². The maximum atomic E-state index is 5.78. The quantitative estimate of drug-likeness (QED) is 0.633. The van der Waals surface area contributed by atoms with E-state index >= 15 is 0 Å². The molecular weight excluding hydrogens is 260 g/mol. The first-order valence-electron chi connectivity index (χ1n) is 7.55.